The SMILES string of the molecule is COc1cccc(Cn2c(C(C(C)C)N(CCCN)C(=O)c3ccc(C)cc3)nc(=O)c(C)c2C)c1. The molecule has 0 spiro atoms. The normalized spacial score (nSPS) is 12.0. The molecule has 0 bridgehead atoms. The van der Waals surface area contributed by atoms with Crippen LogP contribution < -0.4 is 16.0 Å². The number of nitrogens with zero attached hydrogens (tertiary/aromatic N) is 3. The van der Waals surface area contributed by atoms with Crippen LogP contribution in [-0.2, 0) is 6.54 Å². The number of methoxy groups -OCH3 is 1. The number of amides is 1. The Morgan fingerprint density at radius 3 is 2.42 bits per heavy atom. The zero-order chi connectivity index (χ0) is 26.4. The number of benzene rings is 2. The molecule has 0 radical (unpaired) electrons. The third-order valence-corrected chi connectivity index (χ3v) is 6.63. The maximum atomic E-state index is 13.8. The van der Waals surface area contributed by atoms with E-state index >= 15 is 0 Å². The van der Waals surface area contributed by atoms with E-state index in [4.69, 9.17) is 10.5 Å². The van der Waals surface area contributed by atoms with Gasteiger partial charge in [-0.15, -0.1) is 0 Å². The second kappa shape index (κ2) is 12.0. The van der Waals surface area contributed by atoms with E-state index in [0.29, 0.717) is 43.0 Å². The molecule has 0 fully saturated rings. The highest BCUT2D eigenvalue weighted by molar-refractivity contribution is 5.94. The second-order valence-electron chi connectivity index (χ2n) is 9.62. The average molecular weight is 491 g/mol. The number of ether oxygens (including phenoxy) is 1. The van der Waals surface area contributed by atoms with Crippen LogP contribution in [0.5, 0.6) is 5.75 Å². The van der Waals surface area contributed by atoms with E-state index < -0.39 is 6.04 Å². The minimum atomic E-state index is -0.414. The number of carbonyl (C=O) groups is 1. The number of hydrogen-bond donors (Lipinski definition) is 1. The van der Waals surface area contributed by atoms with Gasteiger partial charge in [-0.3, -0.25) is 9.59 Å². The van der Waals surface area contributed by atoms with Gasteiger partial charge in [-0.25, -0.2) is 0 Å². The van der Waals surface area contributed by atoms with Gasteiger partial charge in [0.25, 0.3) is 11.5 Å². The van der Waals surface area contributed by atoms with Gasteiger partial charge in [-0.2, -0.15) is 4.98 Å². The fraction of sp³-hybridized carbons (Fsp3) is 0.414. The molecule has 0 aliphatic carbocycles. The van der Waals surface area contributed by atoms with Crippen LogP contribution in [0, 0.1) is 26.7 Å². The number of nitrogens with two attached hydrogens (primary N) is 1. The molecule has 192 valence electrons. The molecule has 7 heteroatoms. The first kappa shape index (κ1) is 27.1. The Labute approximate surface area is 213 Å². The maximum absolute atomic E-state index is 13.8. The molecule has 0 aliphatic rings. The topological polar surface area (TPSA) is 90.4 Å². The summed E-state index contributed by atoms with van der Waals surface area (Å²) >= 11 is 0. The molecule has 0 aliphatic heterocycles. The Bertz CT molecular complexity index is 1250. The molecule has 1 atom stereocenters. The van der Waals surface area contributed by atoms with Gasteiger partial charge in [0.05, 0.1) is 13.2 Å². The molecule has 2 aromatic carbocycles. The van der Waals surface area contributed by atoms with Crippen molar-refractivity contribution >= 4 is 5.91 Å². The van der Waals surface area contributed by atoms with Crippen molar-refractivity contribution in [3.63, 3.8) is 0 Å². The third-order valence-electron chi connectivity index (χ3n) is 6.63. The van der Waals surface area contributed by atoms with Crippen LogP contribution in [0.3, 0.4) is 0 Å². The zero-order valence-electron chi connectivity index (χ0n) is 22.2. The smallest absolute Gasteiger partial charge is 0.276 e. The summed E-state index contributed by atoms with van der Waals surface area (Å²) in [5.74, 6) is 1.25. The predicted molar refractivity (Wildman–Crippen MR) is 144 cm³/mol. The Morgan fingerprint density at radius 2 is 1.81 bits per heavy atom. The molecule has 0 saturated carbocycles. The monoisotopic (exact) mass is 490 g/mol. The molecule has 3 rings (SSSR count). The highest BCUT2D eigenvalue weighted by Gasteiger charge is 2.32. The lowest BCUT2D eigenvalue weighted by Gasteiger charge is -2.36. The van der Waals surface area contributed by atoms with E-state index in [1.54, 1.807) is 14.0 Å². The van der Waals surface area contributed by atoms with Crippen LogP contribution in [0.25, 0.3) is 0 Å². The summed E-state index contributed by atoms with van der Waals surface area (Å²) < 4.78 is 7.48. The molecule has 1 amide bonds. The molecule has 1 heterocycles. The average Bonchev–Trinajstić information content (AvgIpc) is 2.87. The second-order valence-corrected chi connectivity index (χ2v) is 9.62. The van der Waals surface area contributed by atoms with E-state index in [0.717, 1.165) is 22.6 Å². The van der Waals surface area contributed by atoms with E-state index in [1.165, 1.54) is 0 Å². The van der Waals surface area contributed by atoms with Gasteiger partial charge in [0.1, 0.15) is 11.6 Å². The zero-order valence-corrected chi connectivity index (χ0v) is 22.2. The van der Waals surface area contributed by atoms with E-state index in [-0.39, 0.29) is 17.4 Å². The van der Waals surface area contributed by atoms with Crippen molar-refractivity contribution in [2.75, 3.05) is 20.2 Å². The first-order valence-electron chi connectivity index (χ1n) is 12.5. The van der Waals surface area contributed by atoms with E-state index in [2.05, 4.69) is 23.4 Å². The largest absolute Gasteiger partial charge is 0.497 e. The first-order chi connectivity index (χ1) is 17.2. The van der Waals surface area contributed by atoms with Crippen molar-refractivity contribution in [1.82, 2.24) is 14.5 Å². The molecule has 7 nitrogen and oxygen atoms in total. The van der Waals surface area contributed by atoms with Gasteiger partial charge >= 0.3 is 0 Å². The van der Waals surface area contributed by atoms with Crippen LogP contribution in [0.2, 0.25) is 0 Å². The fourth-order valence-corrected chi connectivity index (χ4v) is 4.44. The fourth-order valence-electron chi connectivity index (χ4n) is 4.44. The van der Waals surface area contributed by atoms with Crippen LogP contribution in [-0.4, -0.2) is 40.6 Å². The Hall–Kier alpha value is -3.45. The van der Waals surface area contributed by atoms with Crippen LogP contribution in [0.15, 0.2) is 53.3 Å². The van der Waals surface area contributed by atoms with Crippen molar-refractivity contribution in [2.24, 2.45) is 11.7 Å². The van der Waals surface area contributed by atoms with Gasteiger partial charge in [0.15, 0.2) is 0 Å². The molecule has 1 aromatic heterocycles. The molecule has 0 saturated heterocycles. The lowest BCUT2D eigenvalue weighted by atomic mass is 9.98. The van der Waals surface area contributed by atoms with Gasteiger partial charge in [-0.1, -0.05) is 43.7 Å². The summed E-state index contributed by atoms with van der Waals surface area (Å²) in [4.78, 5) is 33.2. The molecule has 36 heavy (non-hydrogen) atoms. The summed E-state index contributed by atoms with van der Waals surface area (Å²) in [6.07, 6.45) is 0.645. The van der Waals surface area contributed by atoms with Crippen molar-refractivity contribution in [2.45, 2.75) is 53.6 Å². The quantitative estimate of drug-likeness (QED) is 0.455. The Balaban J connectivity index is 2.17. The Morgan fingerprint density at radius 1 is 1.11 bits per heavy atom. The van der Waals surface area contributed by atoms with Crippen LogP contribution in [0.4, 0.5) is 0 Å². The Kier molecular flexibility index (Phi) is 9.04. The van der Waals surface area contributed by atoms with Crippen molar-refractivity contribution in [3.8, 4) is 5.75 Å². The minimum Gasteiger partial charge on any atom is -0.497 e. The highest BCUT2D eigenvalue weighted by atomic mass is 16.5. The standard InChI is InChI=1S/C29H38N4O3/c1-19(2)26(32(16-8-15-30)29(35)24-13-11-20(3)12-14-24)27-31-28(34)21(4)22(5)33(27)18-23-9-7-10-25(17-23)36-6/h7,9-14,17,19,26H,8,15-16,18,30H2,1-6H3. The first-order valence-corrected chi connectivity index (χ1v) is 12.5. The van der Waals surface area contributed by atoms with Crippen molar-refractivity contribution < 1.29 is 9.53 Å². The van der Waals surface area contributed by atoms with Gasteiger partial charge in [0.2, 0.25) is 0 Å². The van der Waals surface area contributed by atoms with Gasteiger partial charge < -0.3 is 19.9 Å². The lowest BCUT2D eigenvalue weighted by molar-refractivity contribution is 0.0601. The summed E-state index contributed by atoms with van der Waals surface area (Å²) in [5.41, 5.74) is 9.73. The van der Waals surface area contributed by atoms with E-state index in [9.17, 15) is 9.59 Å². The van der Waals surface area contributed by atoms with Crippen LogP contribution >= 0.6 is 0 Å². The highest BCUT2D eigenvalue weighted by Crippen LogP contribution is 2.30. The summed E-state index contributed by atoms with van der Waals surface area (Å²) in [5, 5.41) is 0. The van der Waals surface area contributed by atoms with Crippen molar-refractivity contribution in [1.29, 1.82) is 0 Å². The molecule has 1 unspecified atom stereocenters. The molecule has 3 aromatic rings. The number of aromatic nitrogens is 2. The molecular weight excluding hydrogens is 452 g/mol. The maximum Gasteiger partial charge on any atom is 0.276 e. The number of carbonyl (C=O) groups excluding carboxylic acids is 1. The number of rotatable bonds is 10. The minimum absolute atomic E-state index is 0.00254. The van der Waals surface area contributed by atoms with E-state index in [1.807, 2.05) is 67.3 Å². The summed E-state index contributed by atoms with van der Waals surface area (Å²) in [6.45, 7) is 11.3. The summed E-state index contributed by atoms with van der Waals surface area (Å²) in [7, 11) is 1.64. The van der Waals surface area contributed by atoms with Crippen LogP contribution in [0.1, 0.15) is 64.9 Å². The van der Waals surface area contributed by atoms with Crippen molar-refractivity contribution in [3.05, 3.63) is 92.7 Å². The number of aryl methyl sites for hydroxylation is 1. The third kappa shape index (κ3) is 6.02. The molecular formula is C29H38N4O3. The molecule has 2 N–H and O–H groups in total. The number of hydrogen-bond acceptors (Lipinski definition) is 5. The van der Waals surface area contributed by atoms with Gasteiger partial charge in [0, 0.05) is 29.9 Å². The lowest BCUT2D eigenvalue weighted by Crippen LogP contribution is -2.42. The van der Waals surface area contributed by atoms with Gasteiger partial charge in [-0.05, 0) is 69.5 Å². The summed E-state index contributed by atoms with van der Waals surface area (Å²) in [6, 6.07) is 15.0. The predicted octanol–water partition coefficient (Wildman–Crippen LogP) is 4.41.